The minimum Gasteiger partial charge on any atom is -0.329 e. The van der Waals surface area contributed by atoms with Crippen LogP contribution in [0.5, 0.6) is 0 Å². The topological polar surface area (TPSA) is 67.2 Å². The Bertz CT molecular complexity index is 1370. The van der Waals surface area contributed by atoms with Crippen LogP contribution in [0, 0.1) is 19.8 Å². The highest BCUT2D eigenvalue weighted by molar-refractivity contribution is 5.94. The van der Waals surface area contributed by atoms with Crippen molar-refractivity contribution in [1.29, 1.82) is 0 Å². The van der Waals surface area contributed by atoms with Crippen LogP contribution in [-0.4, -0.2) is 32.8 Å². The zero-order valence-corrected chi connectivity index (χ0v) is 20.6. The Labute approximate surface area is 211 Å². The van der Waals surface area contributed by atoms with Gasteiger partial charge in [0.25, 0.3) is 0 Å². The second kappa shape index (κ2) is 10.2. The number of aryl methyl sites for hydroxylation is 2. The van der Waals surface area contributed by atoms with Crippen molar-refractivity contribution in [1.82, 2.24) is 14.5 Å². The molecule has 1 aliphatic rings. The first-order chi connectivity index (χ1) is 17.5. The summed E-state index contributed by atoms with van der Waals surface area (Å²) in [6.45, 7) is 4.52. The van der Waals surface area contributed by atoms with Crippen LogP contribution >= 0.6 is 0 Å². The molecule has 1 aromatic heterocycles. The summed E-state index contributed by atoms with van der Waals surface area (Å²) in [4.78, 5) is 32.6. The Kier molecular flexibility index (Phi) is 6.67. The number of aromatic nitrogens is 2. The van der Waals surface area contributed by atoms with Crippen molar-refractivity contribution < 1.29 is 9.59 Å². The molecule has 3 aromatic carbocycles. The Morgan fingerprint density at radius 3 is 2.31 bits per heavy atom. The van der Waals surface area contributed by atoms with Gasteiger partial charge in [-0.1, -0.05) is 66.7 Å². The van der Waals surface area contributed by atoms with Gasteiger partial charge in [0, 0.05) is 29.9 Å². The lowest BCUT2D eigenvalue weighted by molar-refractivity contribution is -0.136. The van der Waals surface area contributed by atoms with Crippen molar-refractivity contribution >= 4 is 17.8 Å². The summed E-state index contributed by atoms with van der Waals surface area (Å²) in [5.74, 6) is 0.232. The fourth-order valence-corrected chi connectivity index (χ4v) is 4.23. The van der Waals surface area contributed by atoms with Gasteiger partial charge in [0.1, 0.15) is 6.54 Å². The fraction of sp³-hybridized carbons (Fsp3) is 0.233. The SMILES string of the molecule is Cc1ccc(-n2cc(-c3ccccc3)nc2NC(=O)CN(Cc2ccccc2)C(=O)C2CC2)cc1C. The normalized spacial score (nSPS) is 12.8. The summed E-state index contributed by atoms with van der Waals surface area (Å²) in [5, 5.41) is 2.98. The monoisotopic (exact) mass is 478 g/mol. The van der Waals surface area contributed by atoms with E-state index in [2.05, 4.69) is 31.3 Å². The van der Waals surface area contributed by atoms with Gasteiger partial charge >= 0.3 is 0 Å². The Morgan fingerprint density at radius 1 is 0.944 bits per heavy atom. The summed E-state index contributed by atoms with van der Waals surface area (Å²) in [6, 6.07) is 25.8. The van der Waals surface area contributed by atoms with Gasteiger partial charge in [-0.25, -0.2) is 4.98 Å². The maximum absolute atomic E-state index is 13.3. The van der Waals surface area contributed by atoms with Gasteiger partial charge < -0.3 is 4.90 Å². The molecule has 0 bridgehead atoms. The second-order valence-electron chi connectivity index (χ2n) is 9.46. The van der Waals surface area contributed by atoms with Gasteiger partial charge in [0.15, 0.2) is 0 Å². The van der Waals surface area contributed by atoms with Crippen molar-refractivity contribution in [2.24, 2.45) is 5.92 Å². The van der Waals surface area contributed by atoms with Gasteiger partial charge in [-0.2, -0.15) is 0 Å². The number of hydrogen-bond donors (Lipinski definition) is 1. The molecule has 6 heteroatoms. The molecule has 36 heavy (non-hydrogen) atoms. The predicted octanol–water partition coefficient (Wildman–Crippen LogP) is 5.53. The van der Waals surface area contributed by atoms with Crippen LogP contribution in [0.3, 0.4) is 0 Å². The Morgan fingerprint density at radius 2 is 1.64 bits per heavy atom. The quantitative estimate of drug-likeness (QED) is 0.362. The number of benzene rings is 3. The molecular formula is C30H30N4O2. The molecule has 0 radical (unpaired) electrons. The number of imidazole rings is 1. The molecule has 6 nitrogen and oxygen atoms in total. The number of rotatable bonds is 8. The maximum Gasteiger partial charge on any atom is 0.246 e. The van der Waals surface area contributed by atoms with Crippen molar-refractivity contribution in [2.75, 3.05) is 11.9 Å². The van der Waals surface area contributed by atoms with Crippen LogP contribution in [0.15, 0.2) is 85.1 Å². The van der Waals surface area contributed by atoms with E-state index in [1.807, 2.05) is 77.5 Å². The Balaban J connectivity index is 1.42. The van der Waals surface area contributed by atoms with E-state index in [1.54, 1.807) is 4.90 Å². The lowest BCUT2D eigenvalue weighted by Crippen LogP contribution is -2.38. The molecule has 0 aliphatic heterocycles. The zero-order chi connectivity index (χ0) is 25.1. The number of hydrogen-bond acceptors (Lipinski definition) is 3. The highest BCUT2D eigenvalue weighted by atomic mass is 16.2. The van der Waals surface area contributed by atoms with E-state index in [0.29, 0.717) is 12.5 Å². The number of anilines is 1. The smallest absolute Gasteiger partial charge is 0.246 e. The average Bonchev–Trinajstić information content (AvgIpc) is 3.66. The van der Waals surface area contributed by atoms with E-state index in [0.717, 1.165) is 40.9 Å². The summed E-state index contributed by atoms with van der Waals surface area (Å²) < 4.78 is 1.90. The molecular weight excluding hydrogens is 448 g/mol. The van der Waals surface area contributed by atoms with E-state index in [-0.39, 0.29) is 24.3 Å². The van der Waals surface area contributed by atoms with Crippen LogP contribution in [0.4, 0.5) is 5.95 Å². The molecule has 182 valence electrons. The van der Waals surface area contributed by atoms with Crippen LogP contribution in [0.1, 0.15) is 29.5 Å². The minimum atomic E-state index is -0.268. The molecule has 1 heterocycles. The van der Waals surface area contributed by atoms with Gasteiger partial charge in [-0.15, -0.1) is 0 Å². The lowest BCUT2D eigenvalue weighted by atomic mass is 10.1. The fourth-order valence-electron chi connectivity index (χ4n) is 4.23. The summed E-state index contributed by atoms with van der Waals surface area (Å²) in [5.41, 5.74) is 6.00. The molecule has 5 rings (SSSR count). The number of amides is 2. The largest absolute Gasteiger partial charge is 0.329 e. The average molecular weight is 479 g/mol. The van der Waals surface area contributed by atoms with Crippen molar-refractivity contribution in [3.05, 3.63) is 102 Å². The molecule has 0 atom stereocenters. The maximum atomic E-state index is 13.3. The van der Waals surface area contributed by atoms with E-state index >= 15 is 0 Å². The van der Waals surface area contributed by atoms with Crippen LogP contribution in [0.25, 0.3) is 16.9 Å². The standard InChI is InChI=1S/C30H30N4O2/c1-21-13-16-26(17-22(21)2)34-19-27(24-11-7-4-8-12-24)31-30(34)32-28(35)20-33(29(36)25-14-15-25)18-23-9-5-3-6-10-23/h3-13,16-17,19,25H,14-15,18,20H2,1-2H3,(H,31,32,35). The van der Waals surface area contributed by atoms with Crippen molar-refractivity contribution in [2.45, 2.75) is 33.2 Å². The first-order valence-electron chi connectivity index (χ1n) is 12.3. The van der Waals surface area contributed by atoms with Crippen molar-refractivity contribution in [3.63, 3.8) is 0 Å². The molecule has 0 saturated heterocycles. The molecule has 0 spiro atoms. The van der Waals surface area contributed by atoms with Crippen LogP contribution < -0.4 is 5.32 Å². The summed E-state index contributed by atoms with van der Waals surface area (Å²) in [6.07, 6.45) is 3.72. The predicted molar refractivity (Wildman–Crippen MR) is 142 cm³/mol. The van der Waals surface area contributed by atoms with E-state index < -0.39 is 0 Å². The third-order valence-corrected chi connectivity index (χ3v) is 6.58. The van der Waals surface area contributed by atoms with E-state index in [9.17, 15) is 9.59 Å². The molecule has 1 aliphatic carbocycles. The number of carbonyl (C=O) groups excluding carboxylic acids is 2. The van der Waals surface area contributed by atoms with E-state index in [4.69, 9.17) is 4.98 Å². The highest BCUT2D eigenvalue weighted by Crippen LogP contribution is 2.31. The third kappa shape index (κ3) is 5.38. The third-order valence-electron chi connectivity index (χ3n) is 6.58. The second-order valence-corrected chi connectivity index (χ2v) is 9.46. The molecule has 1 saturated carbocycles. The molecule has 0 unspecified atom stereocenters. The van der Waals surface area contributed by atoms with Gasteiger partial charge in [0.05, 0.1) is 5.69 Å². The van der Waals surface area contributed by atoms with Crippen molar-refractivity contribution in [3.8, 4) is 16.9 Å². The zero-order valence-electron chi connectivity index (χ0n) is 20.6. The van der Waals surface area contributed by atoms with Crippen LogP contribution in [-0.2, 0) is 16.1 Å². The first kappa shape index (κ1) is 23.5. The minimum absolute atomic E-state index is 0.0231. The molecule has 2 amide bonds. The summed E-state index contributed by atoms with van der Waals surface area (Å²) >= 11 is 0. The van der Waals surface area contributed by atoms with Crippen LogP contribution in [0.2, 0.25) is 0 Å². The molecule has 1 N–H and O–H groups in total. The van der Waals surface area contributed by atoms with Gasteiger partial charge in [-0.05, 0) is 55.5 Å². The number of carbonyl (C=O) groups is 2. The summed E-state index contributed by atoms with van der Waals surface area (Å²) in [7, 11) is 0. The van der Waals surface area contributed by atoms with E-state index in [1.165, 1.54) is 5.56 Å². The molecule has 1 fully saturated rings. The highest BCUT2D eigenvalue weighted by Gasteiger charge is 2.34. The molecule has 4 aromatic rings. The first-order valence-corrected chi connectivity index (χ1v) is 12.3. The number of nitrogens with zero attached hydrogens (tertiary/aromatic N) is 3. The van der Waals surface area contributed by atoms with Gasteiger partial charge in [-0.3, -0.25) is 19.5 Å². The van der Waals surface area contributed by atoms with Gasteiger partial charge in [0.2, 0.25) is 17.8 Å². The number of nitrogens with one attached hydrogen (secondary N) is 1. The lowest BCUT2D eigenvalue weighted by Gasteiger charge is -2.22. The Hall–Kier alpha value is -4.19.